The predicted octanol–water partition coefficient (Wildman–Crippen LogP) is 1.29. The van der Waals surface area contributed by atoms with Gasteiger partial charge in [0.25, 0.3) is 0 Å². The van der Waals surface area contributed by atoms with E-state index in [0.717, 1.165) is 12.1 Å². The normalized spacial score (nSPS) is 9.71. The molecule has 0 aliphatic carbocycles. The summed E-state index contributed by atoms with van der Waals surface area (Å²) in [6, 6.07) is 9.63. The van der Waals surface area contributed by atoms with Gasteiger partial charge in [-0.3, -0.25) is 0 Å². The summed E-state index contributed by atoms with van der Waals surface area (Å²) < 4.78 is 5.39. The van der Waals surface area contributed by atoms with Crippen LogP contribution in [0, 0.1) is 11.3 Å². The zero-order chi connectivity index (χ0) is 10.2. The molecule has 1 aromatic rings. The fraction of sp³-hybridized carbons (Fsp3) is 0.364. The summed E-state index contributed by atoms with van der Waals surface area (Å²) in [6.45, 7) is 2.00. The first-order valence-electron chi connectivity index (χ1n) is 4.59. The molecule has 0 atom stereocenters. The Bertz CT molecular complexity index is 317. The molecule has 0 aliphatic rings. The molecule has 0 bridgehead atoms. The first kappa shape index (κ1) is 10.7. The Morgan fingerprint density at radius 2 is 2.21 bits per heavy atom. The Kier molecular flexibility index (Phi) is 4.70. The molecule has 0 spiro atoms. The van der Waals surface area contributed by atoms with Crippen molar-refractivity contribution in [3.8, 4) is 6.07 Å². The van der Waals surface area contributed by atoms with Crippen LogP contribution in [0.1, 0.15) is 11.1 Å². The van der Waals surface area contributed by atoms with Gasteiger partial charge in [0, 0.05) is 6.54 Å². The largest absolute Gasteiger partial charge is 0.375 e. The van der Waals surface area contributed by atoms with Crippen molar-refractivity contribution in [1.82, 2.24) is 5.32 Å². The van der Waals surface area contributed by atoms with Crippen LogP contribution in [0.5, 0.6) is 0 Å². The van der Waals surface area contributed by atoms with Crippen LogP contribution < -0.4 is 5.32 Å². The summed E-state index contributed by atoms with van der Waals surface area (Å²) in [7, 11) is 1.88. The molecule has 1 N–H and O–H groups in total. The number of likely N-dealkylation sites (N-methyl/N-ethyl adjacent to an activating group) is 1. The van der Waals surface area contributed by atoms with E-state index in [2.05, 4.69) is 11.4 Å². The molecule has 0 saturated heterocycles. The lowest BCUT2D eigenvalue weighted by molar-refractivity contribution is 0.124. The van der Waals surface area contributed by atoms with Crippen molar-refractivity contribution in [2.75, 3.05) is 20.2 Å². The predicted molar refractivity (Wildman–Crippen MR) is 54.7 cm³/mol. The zero-order valence-electron chi connectivity index (χ0n) is 8.29. The van der Waals surface area contributed by atoms with Gasteiger partial charge >= 0.3 is 0 Å². The van der Waals surface area contributed by atoms with E-state index in [9.17, 15) is 0 Å². The summed E-state index contributed by atoms with van der Waals surface area (Å²) in [5.74, 6) is 0. The maximum atomic E-state index is 8.80. The van der Waals surface area contributed by atoms with Crippen molar-refractivity contribution in [1.29, 1.82) is 5.26 Å². The van der Waals surface area contributed by atoms with Gasteiger partial charge in [-0.05, 0) is 18.7 Å². The van der Waals surface area contributed by atoms with E-state index < -0.39 is 0 Å². The first-order valence-corrected chi connectivity index (χ1v) is 4.59. The van der Waals surface area contributed by atoms with Gasteiger partial charge in [0.05, 0.1) is 24.8 Å². The Morgan fingerprint density at radius 3 is 2.93 bits per heavy atom. The van der Waals surface area contributed by atoms with E-state index >= 15 is 0 Å². The molecule has 0 amide bonds. The minimum atomic E-state index is 0.505. The SMILES string of the molecule is CNCCOCc1ccccc1C#N. The monoisotopic (exact) mass is 190 g/mol. The fourth-order valence-electron chi connectivity index (χ4n) is 1.11. The number of hydrogen-bond acceptors (Lipinski definition) is 3. The highest BCUT2D eigenvalue weighted by atomic mass is 16.5. The Morgan fingerprint density at radius 1 is 1.43 bits per heavy atom. The topological polar surface area (TPSA) is 45.0 Å². The van der Waals surface area contributed by atoms with E-state index in [1.54, 1.807) is 6.07 Å². The lowest BCUT2D eigenvalue weighted by Gasteiger charge is -2.04. The maximum Gasteiger partial charge on any atom is 0.0995 e. The summed E-state index contributed by atoms with van der Waals surface area (Å²) in [5, 5.41) is 11.8. The highest BCUT2D eigenvalue weighted by molar-refractivity contribution is 5.36. The average Bonchev–Trinajstić information content (AvgIpc) is 2.25. The molecule has 0 aromatic heterocycles. The van der Waals surface area contributed by atoms with Crippen LogP contribution in [0.2, 0.25) is 0 Å². The average molecular weight is 190 g/mol. The number of nitrogens with one attached hydrogen (secondary N) is 1. The van der Waals surface area contributed by atoms with Crippen LogP contribution >= 0.6 is 0 Å². The number of benzene rings is 1. The van der Waals surface area contributed by atoms with Crippen LogP contribution in [-0.4, -0.2) is 20.2 Å². The quantitative estimate of drug-likeness (QED) is 0.712. The number of nitrogens with zero attached hydrogens (tertiary/aromatic N) is 1. The molecule has 0 unspecified atom stereocenters. The van der Waals surface area contributed by atoms with Crippen molar-refractivity contribution < 1.29 is 4.74 Å². The Labute approximate surface area is 84.3 Å². The second-order valence-electron chi connectivity index (χ2n) is 2.93. The van der Waals surface area contributed by atoms with Crippen molar-refractivity contribution >= 4 is 0 Å². The van der Waals surface area contributed by atoms with E-state index in [1.807, 2.05) is 25.2 Å². The van der Waals surface area contributed by atoms with E-state index in [4.69, 9.17) is 10.00 Å². The molecule has 0 aliphatic heterocycles. The smallest absolute Gasteiger partial charge is 0.0995 e. The van der Waals surface area contributed by atoms with Crippen molar-refractivity contribution in [3.05, 3.63) is 35.4 Å². The lowest BCUT2D eigenvalue weighted by Crippen LogP contribution is -2.14. The second kappa shape index (κ2) is 6.14. The molecule has 0 heterocycles. The van der Waals surface area contributed by atoms with Gasteiger partial charge in [-0.25, -0.2) is 0 Å². The molecule has 1 rings (SSSR count). The standard InChI is InChI=1S/C11H14N2O/c1-13-6-7-14-9-11-5-3-2-4-10(11)8-12/h2-5,13H,6-7,9H2,1H3. The van der Waals surface area contributed by atoms with Gasteiger partial charge in [-0.15, -0.1) is 0 Å². The molecular weight excluding hydrogens is 176 g/mol. The number of rotatable bonds is 5. The number of ether oxygens (including phenoxy) is 1. The summed E-state index contributed by atoms with van der Waals surface area (Å²) in [6.07, 6.45) is 0. The van der Waals surface area contributed by atoms with Crippen LogP contribution in [0.3, 0.4) is 0 Å². The van der Waals surface area contributed by atoms with Crippen molar-refractivity contribution in [3.63, 3.8) is 0 Å². The Hall–Kier alpha value is -1.37. The Balaban J connectivity index is 2.46. The first-order chi connectivity index (χ1) is 6.88. The van der Waals surface area contributed by atoms with Crippen LogP contribution in [0.4, 0.5) is 0 Å². The van der Waals surface area contributed by atoms with Gasteiger partial charge < -0.3 is 10.1 Å². The van der Waals surface area contributed by atoms with E-state index in [-0.39, 0.29) is 0 Å². The molecule has 14 heavy (non-hydrogen) atoms. The molecule has 3 heteroatoms. The third-order valence-corrected chi connectivity index (χ3v) is 1.89. The molecule has 0 saturated carbocycles. The summed E-state index contributed by atoms with van der Waals surface area (Å²) >= 11 is 0. The highest BCUT2D eigenvalue weighted by Crippen LogP contribution is 2.08. The van der Waals surface area contributed by atoms with Crippen LogP contribution in [-0.2, 0) is 11.3 Å². The van der Waals surface area contributed by atoms with Crippen LogP contribution in [0.15, 0.2) is 24.3 Å². The summed E-state index contributed by atoms with van der Waals surface area (Å²) in [5.41, 5.74) is 1.64. The van der Waals surface area contributed by atoms with E-state index in [0.29, 0.717) is 18.8 Å². The zero-order valence-corrected chi connectivity index (χ0v) is 8.29. The second-order valence-corrected chi connectivity index (χ2v) is 2.93. The van der Waals surface area contributed by atoms with E-state index in [1.165, 1.54) is 0 Å². The number of nitriles is 1. The minimum Gasteiger partial charge on any atom is -0.375 e. The fourth-order valence-corrected chi connectivity index (χ4v) is 1.11. The van der Waals surface area contributed by atoms with Gasteiger partial charge in [-0.1, -0.05) is 18.2 Å². The molecule has 74 valence electrons. The van der Waals surface area contributed by atoms with Gasteiger partial charge in [0.15, 0.2) is 0 Å². The molecule has 0 fully saturated rings. The van der Waals surface area contributed by atoms with Gasteiger partial charge in [-0.2, -0.15) is 5.26 Å². The third-order valence-electron chi connectivity index (χ3n) is 1.89. The molecule has 3 nitrogen and oxygen atoms in total. The lowest BCUT2D eigenvalue weighted by atomic mass is 10.1. The molecule has 0 radical (unpaired) electrons. The maximum absolute atomic E-state index is 8.80. The van der Waals surface area contributed by atoms with Crippen molar-refractivity contribution in [2.24, 2.45) is 0 Å². The van der Waals surface area contributed by atoms with Crippen LogP contribution in [0.25, 0.3) is 0 Å². The van der Waals surface area contributed by atoms with Gasteiger partial charge in [0.2, 0.25) is 0 Å². The summed E-state index contributed by atoms with van der Waals surface area (Å²) in [4.78, 5) is 0. The molecular formula is C11H14N2O. The van der Waals surface area contributed by atoms with Gasteiger partial charge in [0.1, 0.15) is 0 Å². The minimum absolute atomic E-state index is 0.505. The van der Waals surface area contributed by atoms with Crippen molar-refractivity contribution in [2.45, 2.75) is 6.61 Å². The third kappa shape index (κ3) is 3.17. The highest BCUT2D eigenvalue weighted by Gasteiger charge is 1.99. The molecule has 1 aromatic carbocycles. The number of hydrogen-bond donors (Lipinski definition) is 1.